The summed E-state index contributed by atoms with van der Waals surface area (Å²) in [7, 11) is 0. The van der Waals surface area contributed by atoms with E-state index < -0.39 is 53.6 Å². The summed E-state index contributed by atoms with van der Waals surface area (Å²) in [6.07, 6.45) is -4.35. The summed E-state index contributed by atoms with van der Waals surface area (Å²) in [5, 5.41) is 0.669. The van der Waals surface area contributed by atoms with Crippen molar-refractivity contribution >= 4 is 27.9 Å². The lowest BCUT2D eigenvalue weighted by atomic mass is 9.95. The number of esters is 1. The lowest BCUT2D eigenvalue weighted by Gasteiger charge is -2.19. The Kier molecular flexibility index (Phi) is 15.6. The van der Waals surface area contributed by atoms with Crippen molar-refractivity contribution in [3.05, 3.63) is 140 Å². The van der Waals surface area contributed by atoms with Crippen LogP contribution in [0.3, 0.4) is 0 Å². The summed E-state index contributed by atoms with van der Waals surface area (Å²) in [6, 6.07) is 19.4. The molecule has 2 aromatic heterocycles. The third-order valence-corrected chi connectivity index (χ3v) is 10.6. The molecule has 0 aliphatic heterocycles. The minimum Gasteiger partial charge on any atom is -0.491 e. The second kappa shape index (κ2) is 21.1. The highest BCUT2D eigenvalue weighted by Crippen LogP contribution is 2.39. The van der Waals surface area contributed by atoms with E-state index >= 15 is 0 Å². The number of alkyl halides is 6. The van der Waals surface area contributed by atoms with Gasteiger partial charge in [0.1, 0.15) is 42.0 Å². The van der Waals surface area contributed by atoms with Crippen LogP contribution in [0, 0.1) is 0 Å². The molecule has 0 spiro atoms. The number of ether oxygens (including phenoxy) is 4. The number of aryl methyl sites for hydroxylation is 2. The minimum atomic E-state index is -4.72. The zero-order valence-electron chi connectivity index (χ0n) is 36.1. The van der Waals surface area contributed by atoms with Crippen molar-refractivity contribution in [2.24, 2.45) is 0 Å². The fourth-order valence-electron chi connectivity index (χ4n) is 7.16. The van der Waals surface area contributed by atoms with Crippen LogP contribution in [0.25, 0.3) is 44.2 Å². The van der Waals surface area contributed by atoms with Crippen LogP contribution in [0.15, 0.2) is 116 Å². The van der Waals surface area contributed by atoms with Gasteiger partial charge >= 0.3 is 29.6 Å². The Morgan fingerprint density at radius 2 is 1.06 bits per heavy atom. The van der Waals surface area contributed by atoms with Gasteiger partial charge in [0.15, 0.2) is 6.79 Å². The average molecular weight is 907 g/mol. The summed E-state index contributed by atoms with van der Waals surface area (Å²) in [4.78, 5) is 38.4. The molecule has 65 heavy (non-hydrogen) atoms. The second-order valence-corrected chi connectivity index (χ2v) is 15.7. The number of hydrogen-bond acceptors (Lipinski definition) is 9. The van der Waals surface area contributed by atoms with Gasteiger partial charge in [-0.15, -0.1) is 0 Å². The first-order chi connectivity index (χ1) is 30.9. The van der Waals surface area contributed by atoms with E-state index in [0.717, 1.165) is 50.7 Å². The third-order valence-electron chi connectivity index (χ3n) is 10.6. The van der Waals surface area contributed by atoms with Gasteiger partial charge in [-0.1, -0.05) is 70.4 Å². The molecule has 2 heterocycles. The molecule has 6 aromatic rings. The smallest absolute Gasteiger partial charge is 0.417 e. The van der Waals surface area contributed by atoms with Crippen LogP contribution >= 0.6 is 0 Å². The number of carbonyl (C=O) groups is 1. The Balaban J connectivity index is 1.19. The molecule has 0 aliphatic carbocycles. The Bertz CT molecular complexity index is 2600. The van der Waals surface area contributed by atoms with Crippen LogP contribution in [0.4, 0.5) is 26.3 Å². The molecular weight excluding hydrogens is 859 g/mol. The molecule has 0 radical (unpaired) electrons. The van der Waals surface area contributed by atoms with E-state index in [2.05, 4.69) is 6.58 Å². The van der Waals surface area contributed by atoms with Crippen molar-refractivity contribution < 1.29 is 58.9 Å². The fraction of sp³-hybridized carbons (Fsp3) is 0.340. The standard InChI is InChI=1S/C50H48F6O9/c1-5-7-9-11-31-13-19-38(42(21-31)49(51,52)53)40-23-33-15-17-35(25-44(33)64-47(40)58)60-27-37(62-29-63-46(57)30(3)4)28-61-36-18-16-34-24-41(48(59)65-45(34)26-36)39-20-14-32(12-10-8-6-2)22-43(39)50(54,55)56/h13-26,37H,3,5-12,27-29H2,1-2,4H3. The highest BCUT2D eigenvalue weighted by atomic mass is 19.4. The van der Waals surface area contributed by atoms with Crippen LogP contribution in [-0.4, -0.2) is 32.1 Å². The maximum Gasteiger partial charge on any atom is 0.417 e. The molecule has 0 saturated carbocycles. The van der Waals surface area contributed by atoms with Crippen molar-refractivity contribution in [1.29, 1.82) is 0 Å². The van der Waals surface area contributed by atoms with Gasteiger partial charge in [0.25, 0.3) is 0 Å². The van der Waals surface area contributed by atoms with E-state index in [4.69, 9.17) is 27.8 Å². The number of benzene rings is 4. The van der Waals surface area contributed by atoms with Gasteiger partial charge in [-0.2, -0.15) is 26.3 Å². The zero-order valence-corrected chi connectivity index (χ0v) is 36.1. The van der Waals surface area contributed by atoms with E-state index in [-0.39, 0.29) is 63.7 Å². The molecular formula is C50H48F6O9. The molecule has 344 valence electrons. The van der Waals surface area contributed by atoms with Crippen LogP contribution in [0.2, 0.25) is 0 Å². The van der Waals surface area contributed by atoms with Gasteiger partial charge in [-0.25, -0.2) is 14.4 Å². The summed E-state index contributed by atoms with van der Waals surface area (Å²) in [6.45, 7) is 8.03. The molecule has 0 fully saturated rings. The number of halogens is 6. The van der Waals surface area contributed by atoms with Crippen molar-refractivity contribution in [2.75, 3.05) is 20.0 Å². The highest BCUT2D eigenvalue weighted by molar-refractivity contribution is 5.87. The first-order valence-corrected chi connectivity index (χ1v) is 21.2. The van der Waals surface area contributed by atoms with Crippen molar-refractivity contribution in [1.82, 2.24) is 0 Å². The molecule has 0 aliphatic rings. The molecule has 4 aromatic carbocycles. The Hall–Kier alpha value is -6.35. The lowest BCUT2D eigenvalue weighted by molar-refractivity contribution is -0.159. The van der Waals surface area contributed by atoms with Gasteiger partial charge in [-0.3, -0.25) is 0 Å². The van der Waals surface area contributed by atoms with E-state index in [9.17, 15) is 40.7 Å². The SMILES string of the molecule is C=C(C)C(=O)OCOC(COc1ccc2cc(-c3ccc(CCCCC)cc3C(F)(F)F)c(=O)oc2c1)COc1ccc2cc(-c3ccc(CCCCC)cc3C(F)(F)F)c(=O)oc2c1. The molecule has 0 amide bonds. The topological polar surface area (TPSA) is 114 Å². The Morgan fingerprint density at radius 1 is 0.615 bits per heavy atom. The van der Waals surface area contributed by atoms with Crippen molar-refractivity contribution in [3.63, 3.8) is 0 Å². The molecule has 0 atom stereocenters. The Labute approximate surface area is 370 Å². The largest absolute Gasteiger partial charge is 0.491 e. The highest BCUT2D eigenvalue weighted by Gasteiger charge is 2.36. The molecule has 9 nitrogen and oxygen atoms in total. The van der Waals surface area contributed by atoms with Crippen LogP contribution in [0.5, 0.6) is 11.5 Å². The third kappa shape index (κ3) is 12.5. The number of hydrogen-bond donors (Lipinski definition) is 0. The predicted molar refractivity (Wildman–Crippen MR) is 234 cm³/mol. The second-order valence-electron chi connectivity index (χ2n) is 15.7. The maximum absolute atomic E-state index is 14.2. The minimum absolute atomic E-state index is 0.0416. The van der Waals surface area contributed by atoms with Gasteiger partial charge < -0.3 is 27.8 Å². The first kappa shape index (κ1) is 48.1. The monoisotopic (exact) mass is 906 g/mol. The number of carbonyl (C=O) groups excluding carboxylic acids is 1. The van der Waals surface area contributed by atoms with Gasteiger partial charge in [0, 0.05) is 39.6 Å². The van der Waals surface area contributed by atoms with Crippen molar-refractivity contribution in [3.8, 4) is 33.8 Å². The van der Waals surface area contributed by atoms with E-state index in [1.165, 1.54) is 67.6 Å². The lowest BCUT2D eigenvalue weighted by Crippen LogP contribution is -2.30. The molecule has 0 bridgehead atoms. The van der Waals surface area contributed by atoms with Gasteiger partial charge in [-0.05, 0) is 92.3 Å². The molecule has 15 heteroatoms. The number of unbranched alkanes of at least 4 members (excludes halogenated alkanes) is 4. The molecule has 6 rings (SSSR count). The fourth-order valence-corrected chi connectivity index (χ4v) is 7.16. The Morgan fingerprint density at radius 3 is 1.46 bits per heavy atom. The summed E-state index contributed by atoms with van der Waals surface area (Å²) in [5.74, 6) is -0.332. The summed E-state index contributed by atoms with van der Waals surface area (Å²) < 4.78 is 119. The van der Waals surface area contributed by atoms with Gasteiger partial charge in [0.2, 0.25) is 0 Å². The summed E-state index contributed by atoms with van der Waals surface area (Å²) >= 11 is 0. The predicted octanol–water partition coefficient (Wildman–Crippen LogP) is 12.7. The summed E-state index contributed by atoms with van der Waals surface area (Å²) in [5.41, 5.74) is -3.66. The first-order valence-electron chi connectivity index (χ1n) is 21.2. The molecule has 0 saturated heterocycles. The average Bonchev–Trinajstić information content (AvgIpc) is 3.26. The molecule has 0 N–H and O–H groups in total. The zero-order chi connectivity index (χ0) is 46.9. The van der Waals surface area contributed by atoms with E-state index in [1.807, 2.05) is 13.8 Å². The van der Waals surface area contributed by atoms with E-state index in [1.54, 1.807) is 12.1 Å². The quantitative estimate of drug-likeness (QED) is 0.0184. The van der Waals surface area contributed by atoms with Crippen molar-refractivity contribution in [2.45, 2.75) is 90.6 Å². The van der Waals surface area contributed by atoms with Crippen LogP contribution in [-0.2, 0) is 39.5 Å². The van der Waals surface area contributed by atoms with Crippen LogP contribution in [0.1, 0.15) is 81.5 Å². The normalized spacial score (nSPS) is 12.0. The van der Waals surface area contributed by atoms with E-state index in [0.29, 0.717) is 34.7 Å². The maximum atomic E-state index is 14.2. The van der Waals surface area contributed by atoms with Gasteiger partial charge in [0.05, 0.1) is 22.3 Å². The molecule has 0 unspecified atom stereocenters. The number of fused-ring (bicyclic) bond motifs is 2. The number of rotatable bonds is 20. The van der Waals surface area contributed by atoms with Crippen LogP contribution < -0.4 is 20.7 Å².